The molecular formula is C18H15NO3S. The van der Waals surface area contributed by atoms with Crippen LogP contribution in [0.25, 0.3) is 11.0 Å². The smallest absolute Gasteiger partial charge is 0.349 e. The zero-order chi connectivity index (χ0) is 16.2. The summed E-state index contributed by atoms with van der Waals surface area (Å²) in [6.45, 7) is 0.361. The normalized spacial score (nSPS) is 10.7. The van der Waals surface area contributed by atoms with Crippen LogP contribution in [0.5, 0.6) is 0 Å². The Morgan fingerprint density at radius 2 is 1.87 bits per heavy atom. The van der Waals surface area contributed by atoms with Crippen molar-refractivity contribution in [1.29, 1.82) is 0 Å². The van der Waals surface area contributed by atoms with Gasteiger partial charge in [0.2, 0.25) is 0 Å². The zero-order valence-electron chi connectivity index (χ0n) is 12.5. The molecule has 3 aromatic rings. The van der Waals surface area contributed by atoms with Crippen molar-refractivity contribution in [1.82, 2.24) is 5.32 Å². The molecule has 0 aliphatic carbocycles. The van der Waals surface area contributed by atoms with E-state index in [1.165, 1.54) is 0 Å². The Bertz CT molecular complexity index is 900. The van der Waals surface area contributed by atoms with Gasteiger partial charge in [-0.1, -0.05) is 30.3 Å². The Labute approximate surface area is 137 Å². The van der Waals surface area contributed by atoms with E-state index in [1.807, 2.05) is 36.6 Å². The number of carbonyl (C=O) groups excluding carboxylic acids is 1. The molecule has 1 N–H and O–H groups in total. The number of hydrogen-bond acceptors (Lipinski definition) is 4. The van der Waals surface area contributed by atoms with E-state index >= 15 is 0 Å². The van der Waals surface area contributed by atoms with E-state index in [9.17, 15) is 9.59 Å². The standard InChI is InChI=1S/C18H15NO3S/c1-23-14-8-6-12(7-9-14)11-19-17(20)15-10-13-4-2-3-5-16(13)22-18(15)21/h2-10H,11H2,1H3,(H,19,20). The average Bonchev–Trinajstić information content (AvgIpc) is 2.59. The summed E-state index contributed by atoms with van der Waals surface area (Å²) in [7, 11) is 0. The molecule has 23 heavy (non-hydrogen) atoms. The summed E-state index contributed by atoms with van der Waals surface area (Å²) in [5.41, 5.74) is 0.839. The van der Waals surface area contributed by atoms with Crippen LogP contribution >= 0.6 is 11.8 Å². The van der Waals surface area contributed by atoms with Crippen LogP contribution in [0.15, 0.2) is 68.7 Å². The molecule has 0 bridgehead atoms. The summed E-state index contributed by atoms with van der Waals surface area (Å²) in [6.07, 6.45) is 2.01. The molecule has 1 amide bonds. The first-order chi connectivity index (χ1) is 11.2. The fraction of sp³-hybridized carbons (Fsp3) is 0.111. The molecule has 0 saturated carbocycles. The zero-order valence-corrected chi connectivity index (χ0v) is 13.4. The average molecular weight is 325 g/mol. The topological polar surface area (TPSA) is 59.3 Å². The quantitative estimate of drug-likeness (QED) is 0.589. The van der Waals surface area contributed by atoms with E-state index in [2.05, 4.69) is 5.32 Å². The minimum absolute atomic E-state index is 0.0180. The van der Waals surface area contributed by atoms with Crippen molar-refractivity contribution in [3.8, 4) is 0 Å². The first kappa shape index (κ1) is 15.4. The molecule has 0 aliphatic rings. The van der Waals surface area contributed by atoms with Gasteiger partial charge < -0.3 is 9.73 Å². The number of fused-ring (bicyclic) bond motifs is 1. The molecular weight excluding hydrogens is 310 g/mol. The molecule has 0 atom stereocenters. The molecule has 0 saturated heterocycles. The van der Waals surface area contributed by atoms with Crippen LogP contribution in [0.1, 0.15) is 15.9 Å². The highest BCUT2D eigenvalue weighted by atomic mass is 32.2. The molecule has 2 aromatic carbocycles. The summed E-state index contributed by atoms with van der Waals surface area (Å²) < 4.78 is 5.18. The molecule has 1 aromatic heterocycles. The van der Waals surface area contributed by atoms with Gasteiger partial charge in [-0.15, -0.1) is 11.8 Å². The van der Waals surface area contributed by atoms with Gasteiger partial charge in [-0.05, 0) is 36.1 Å². The highest BCUT2D eigenvalue weighted by molar-refractivity contribution is 7.98. The van der Waals surface area contributed by atoms with Crippen molar-refractivity contribution >= 4 is 28.6 Å². The van der Waals surface area contributed by atoms with Crippen LogP contribution in [-0.4, -0.2) is 12.2 Å². The second-order valence-corrected chi connectivity index (χ2v) is 5.90. The summed E-state index contributed by atoms with van der Waals surface area (Å²) in [6, 6.07) is 16.6. The first-order valence-corrected chi connectivity index (χ1v) is 8.34. The third-order valence-electron chi connectivity index (χ3n) is 3.50. The maximum absolute atomic E-state index is 12.2. The van der Waals surface area contributed by atoms with Gasteiger partial charge in [0.25, 0.3) is 5.91 Å². The fourth-order valence-electron chi connectivity index (χ4n) is 2.24. The predicted molar refractivity (Wildman–Crippen MR) is 91.9 cm³/mol. The Morgan fingerprint density at radius 1 is 1.13 bits per heavy atom. The number of rotatable bonds is 4. The summed E-state index contributed by atoms with van der Waals surface area (Å²) in [5, 5.41) is 3.48. The first-order valence-electron chi connectivity index (χ1n) is 7.11. The lowest BCUT2D eigenvalue weighted by atomic mass is 10.1. The molecule has 4 nitrogen and oxygen atoms in total. The van der Waals surface area contributed by atoms with E-state index in [0.717, 1.165) is 15.8 Å². The number of thioether (sulfide) groups is 1. The number of carbonyl (C=O) groups is 1. The van der Waals surface area contributed by atoms with Gasteiger partial charge in [0, 0.05) is 16.8 Å². The fourth-order valence-corrected chi connectivity index (χ4v) is 2.65. The number of amides is 1. The number of para-hydroxylation sites is 1. The van der Waals surface area contributed by atoms with E-state index in [-0.39, 0.29) is 5.56 Å². The number of nitrogens with one attached hydrogen (secondary N) is 1. The maximum atomic E-state index is 12.2. The van der Waals surface area contributed by atoms with Crippen LogP contribution < -0.4 is 10.9 Å². The van der Waals surface area contributed by atoms with Gasteiger partial charge >= 0.3 is 5.63 Å². The van der Waals surface area contributed by atoms with Crippen molar-refractivity contribution in [2.24, 2.45) is 0 Å². The van der Waals surface area contributed by atoms with Crippen LogP contribution in [0, 0.1) is 0 Å². The van der Waals surface area contributed by atoms with Gasteiger partial charge in [-0.25, -0.2) is 4.79 Å². The van der Waals surface area contributed by atoms with Crippen molar-refractivity contribution in [3.05, 3.63) is 76.1 Å². The summed E-state index contributed by atoms with van der Waals surface area (Å²) in [4.78, 5) is 25.3. The molecule has 0 radical (unpaired) electrons. The maximum Gasteiger partial charge on any atom is 0.349 e. The molecule has 3 rings (SSSR count). The van der Waals surface area contributed by atoms with Gasteiger partial charge in [-0.3, -0.25) is 4.79 Å². The Morgan fingerprint density at radius 3 is 2.61 bits per heavy atom. The molecule has 0 unspecified atom stereocenters. The van der Waals surface area contributed by atoms with Gasteiger partial charge in [0.05, 0.1) is 0 Å². The Balaban J connectivity index is 1.77. The second-order valence-electron chi connectivity index (χ2n) is 5.02. The minimum Gasteiger partial charge on any atom is -0.422 e. The second kappa shape index (κ2) is 6.71. The third kappa shape index (κ3) is 3.46. The largest absolute Gasteiger partial charge is 0.422 e. The van der Waals surface area contributed by atoms with E-state index in [4.69, 9.17) is 4.42 Å². The Kier molecular flexibility index (Phi) is 4.48. The van der Waals surface area contributed by atoms with Crippen molar-refractivity contribution < 1.29 is 9.21 Å². The van der Waals surface area contributed by atoms with Gasteiger partial charge in [0.1, 0.15) is 11.1 Å². The molecule has 0 spiro atoms. The predicted octanol–water partition coefficient (Wildman–Crippen LogP) is 3.44. The summed E-state index contributed by atoms with van der Waals surface area (Å²) in [5.74, 6) is -0.432. The van der Waals surface area contributed by atoms with Crippen molar-refractivity contribution in [3.63, 3.8) is 0 Å². The lowest BCUT2D eigenvalue weighted by Gasteiger charge is -2.06. The highest BCUT2D eigenvalue weighted by Crippen LogP contribution is 2.15. The minimum atomic E-state index is -0.626. The SMILES string of the molecule is CSc1ccc(CNC(=O)c2cc3ccccc3oc2=O)cc1. The van der Waals surface area contributed by atoms with Crippen LogP contribution in [0.3, 0.4) is 0 Å². The van der Waals surface area contributed by atoms with Gasteiger partial charge in [-0.2, -0.15) is 0 Å². The Hall–Kier alpha value is -2.53. The molecule has 1 heterocycles. The van der Waals surface area contributed by atoms with Crippen LogP contribution in [-0.2, 0) is 6.54 Å². The molecule has 5 heteroatoms. The van der Waals surface area contributed by atoms with E-state index < -0.39 is 11.5 Å². The van der Waals surface area contributed by atoms with Crippen molar-refractivity contribution in [2.45, 2.75) is 11.4 Å². The molecule has 116 valence electrons. The third-order valence-corrected chi connectivity index (χ3v) is 4.24. The number of hydrogen-bond donors (Lipinski definition) is 1. The molecule has 0 fully saturated rings. The van der Waals surface area contributed by atoms with E-state index in [0.29, 0.717) is 12.1 Å². The van der Waals surface area contributed by atoms with Crippen molar-refractivity contribution in [2.75, 3.05) is 6.26 Å². The van der Waals surface area contributed by atoms with Crippen LogP contribution in [0.2, 0.25) is 0 Å². The number of benzene rings is 2. The monoisotopic (exact) mass is 325 g/mol. The molecule has 0 aliphatic heterocycles. The lowest BCUT2D eigenvalue weighted by molar-refractivity contribution is 0.0947. The lowest BCUT2D eigenvalue weighted by Crippen LogP contribution is -2.27. The highest BCUT2D eigenvalue weighted by Gasteiger charge is 2.13. The van der Waals surface area contributed by atoms with Crippen LogP contribution in [0.4, 0.5) is 0 Å². The van der Waals surface area contributed by atoms with E-state index in [1.54, 1.807) is 36.0 Å². The summed E-state index contributed by atoms with van der Waals surface area (Å²) >= 11 is 1.66. The van der Waals surface area contributed by atoms with Gasteiger partial charge in [0.15, 0.2) is 0 Å².